The number of carbonyl (C=O) groups excluding carboxylic acids is 2. The van der Waals surface area contributed by atoms with Crippen LogP contribution < -0.4 is 10.6 Å². The number of halogens is 2. The molecule has 1 saturated carbocycles. The van der Waals surface area contributed by atoms with E-state index in [2.05, 4.69) is 42.5 Å². The molecule has 0 unspecified atom stereocenters. The quantitative estimate of drug-likeness (QED) is 0.580. The highest BCUT2D eigenvalue weighted by molar-refractivity contribution is 9.13. The molecule has 0 spiro atoms. The molecule has 0 radical (unpaired) electrons. The van der Waals surface area contributed by atoms with Crippen molar-refractivity contribution < 1.29 is 14.7 Å². The highest BCUT2D eigenvalue weighted by Gasteiger charge is 2.63. The van der Waals surface area contributed by atoms with Crippen LogP contribution in [0.2, 0.25) is 0 Å². The molecule has 0 aromatic carbocycles. The molecule has 3 amide bonds. The Morgan fingerprint density at radius 1 is 1.38 bits per heavy atom. The van der Waals surface area contributed by atoms with Crippen LogP contribution in [-0.4, -0.2) is 51.4 Å². The first-order chi connectivity index (χ1) is 9.84. The van der Waals surface area contributed by atoms with Gasteiger partial charge in [0.05, 0.1) is 21.2 Å². The number of amides is 3. The Kier molecular flexibility index (Phi) is 2.60. The van der Waals surface area contributed by atoms with Crippen LogP contribution in [0.5, 0.6) is 0 Å². The van der Waals surface area contributed by atoms with Crippen LogP contribution in [0.15, 0.2) is 15.1 Å². The molecule has 0 bridgehead atoms. The lowest BCUT2D eigenvalue weighted by Gasteiger charge is -2.32. The standard InChI is InChI=1S/C12H12Br2N4O3/c1-17-11(20)16-8-7-6(3-12(8,17)21)18-5(10(19)15-7)2-4(13)9(18)14/h2,6-8,21H,3H2,1H3,(H,15,19)(H,16,20)/t6-,7-,8-,12-/m1/s1. The Morgan fingerprint density at radius 3 is 2.81 bits per heavy atom. The molecule has 21 heavy (non-hydrogen) atoms. The molecular weight excluding hydrogens is 408 g/mol. The smallest absolute Gasteiger partial charge is 0.319 e. The van der Waals surface area contributed by atoms with E-state index in [1.807, 2.05) is 4.57 Å². The number of aliphatic hydroxyl groups is 1. The summed E-state index contributed by atoms with van der Waals surface area (Å²) in [6.07, 6.45) is 0.352. The fourth-order valence-corrected chi connectivity index (χ4v) is 4.63. The number of hydrogen-bond donors (Lipinski definition) is 3. The minimum atomic E-state index is -1.29. The zero-order valence-electron chi connectivity index (χ0n) is 10.9. The summed E-state index contributed by atoms with van der Waals surface area (Å²) in [7, 11) is 1.57. The number of hydrogen-bond acceptors (Lipinski definition) is 3. The Bertz CT molecular complexity index is 690. The third kappa shape index (κ3) is 1.51. The molecule has 4 atom stereocenters. The minimum absolute atomic E-state index is 0.128. The monoisotopic (exact) mass is 418 g/mol. The highest BCUT2D eigenvalue weighted by atomic mass is 79.9. The fourth-order valence-electron chi connectivity index (χ4n) is 3.65. The molecule has 4 rings (SSSR count). The Hall–Kier alpha value is -1.06. The van der Waals surface area contributed by atoms with Crippen LogP contribution >= 0.6 is 31.9 Å². The SMILES string of the molecule is CN1C(=O)N[C@@H]2[C@@H]3NC(=O)c4cc(Br)c(Br)n4[C@@H]3C[C@@]21O. The lowest BCUT2D eigenvalue weighted by Crippen LogP contribution is -2.56. The van der Waals surface area contributed by atoms with E-state index in [4.69, 9.17) is 0 Å². The number of rotatable bonds is 0. The van der Waals surface area contributed by atoms with Gasteiger partial charge in [-0.1, -0.05) is 0 Å². The van der Waals surface area contributed by atoms with Crippen LogP contribution in [0, 0.1) is 0 Å². The van der Waals surface area contributed by atoms with Gasteiger partial charge in [-0.3, -0.25) is 9.69 Å². The van der Waals surface area contributed by atoms with Crippen molar-refractivity contribution in [3.63, 3.8) is 0 Å². The predicted octanol–water partition coefficient (Wildman–Crippen LogP) is 0.782. The molecular formula is C12H12Br2N4O3. The van der Waals surface area contributed by atoms with Crippen molar-refractivity contribution in [2.45, 2.75) is 30.3 Å². The summed E-state index contributed by atoms with van der Waals surface area (Å²) in [4.78, 5) is 25.4. The molecule has 1 aliphatic carbocycles. The average Bonchev–Trinajstić information content (AvgIpc) is 2.95. The fraction of sp³-hybridized carbons (Fsp3) is 0.500. The van der Waals surface area contributed by atoms with E-state index >= 15 is 0 Å². The maximum absolute atomic E-state index is 12.3. The molecule has 112 valence electrons. The lowest BCUT2D eigenvalue weighted by molar-refractivity contribution is -0.0561. The van der Waals surface area contributed by atoms with Gasteiger partial charge in [-0.25, -0.2) is 4.79 Å². The van der Waals surface area contributed by atoms with E-state index in [1.54, 1.807) is 13.1 Å². The van der Waals surface area contributed by atoms with Crippen LogP contribution in [0.4, 0.5) is 4.79 Å². The molecule has 3 N–H and O–H groups in total. The molecule has 3 aliphatic rings. The summed E-state index contributed by atoms with van der Waals surface area (Å²) in [5, 5.41) is 16.5. The Morgan fingerprint density at radius 2 is 2.10 bits per heavy atom. The third-order valence-electron chi connectivity index (χ3n) is 4.74. The molecule has 9 heteroatoms. The van der Waals surface area contributed by atoms with Crippen LogP contribution in [0.3, 0.4) is 0 Å². The summed E-state index contributed by atoms with van der Waals surface area (Å²) in [6.45, 7) is 0. The molecule has 1 aromatic heterocycles. The number of fused-ring (bicyclic) bond motifs is 5. The first kappa shape index (κ1) is 13.6. The maximum Gasteiger partial charge on any atom is 0.319 e. The van der Waals surface area contributed by atoms with Gasteiger partial charge >= 0.3 is 6.03 Å². The molecule has 2 fully saturated rings. The first-order valence-corrected chi connectivity index (χ1v) is 8.07. The molecule has 1 saturated heterocycles. The third-order valence-corrected chi connectivity index (χ3v) is 6.69. The summed E-state index contributed by atoms with van der Waals surface area (Å²) >= 11 is 6.88. The van der Waals surface area contributed by atoms with Crippen molar-refractivity contribution in [1.29, 1.82) is 0 Å². The topological polar surface area (TPSA) is 86.6 Å². The van der Waals surface area contributed by atoms with Crippen molar-refractivity contribution in [1.82, 2.24) is 20.1 Å². The van der Waals surface area contributed by atoms with Gasteiger partial charge in [0.1, 0.15) is 11.7 Å². The molecule has 7 nitrogen and oxygen atoms in total. The van der Waals surface area contributed by atoms with Gasteiger partial charge in [-0.05, 0) is 37.9 Å². The highest BCUT2D eigenvalue weighted by Crippen LogP contribution is 2.47. The maximum atomic E-state index is 12.3. The number of aromatic nitrogens is 1. The van der Waals surface area contributed by atoms with E-state index in [-0.39, 0.29) is 24.0 Å². The number of nitrogens with zero attached hydrogens (tertiary/aromatic N) is 2. The van der Waals surface area contributed by atoms with Gasteiger partial charge in [-0.15, -0.1) is 0 Å². The summed E-state index contributed by atoms with van der Waals surface area (Å²) in [5.41, 5.74) is -0.759. The van der Waals surface area contributed by atoms with Crippen LogP contribution in [-0.2, 0) is 0 Å². The van der Waals surface area contributed by atoms with Gasteiger partial charge < -0.3 is 20.3 Å². The van der Waals surface area contributed by atoms with Gasteiger partial charge in [0.2, 0.25) is 0 Å². The van der Waals surface area contributed by atoms with Crippen molar-refractivity contribution in [2.75, 3.05) is 7.05 Å². The van der Waals surface area contributed by atoms with E-state index in [1.165, 1.54) is 4.90 Å². The van der Waals surface area contributed by atoms with Crippen molar-refractivity contribution >= 4 is 43.8 Å². The van der Waals surface area contributed by atoms with Crippen molar-refractivity contribution in [3.05, 3.63) is 20.8 Å². The predicted molar refractivity (Wildman–Crippen MR) is 79.8 cm³/mol. The summed E-state index contributed by atoms with van der Waals surface area (Å²) in [5.74, 6) is -0.212. The number of urea groups is 1. The van der Waals surface area contributed by atoms with Gasteiger partial charge in [0.25, 0.3) is 5.91 Å². The van der Waals surface area contributed by atoms with E-state index in [0.717, 1.165) is 9.08 Å². The normalized spacial score (nSPS) is 37.0. The number of nitrogens with one attached hydrogen (secondary N) is 2. The van der Waals surface area contributed by atoms with Crippen molar-refractivity contribution in [2.24, 2.45) is 0 Å². The second kappa shape index (κ2) is 4.02. The van der Waals surface area contributed by atoms with Crippen LogP contribution in [0.1, 0.15) is 23.0 Å². The van der Waals surface area contributed by atoms with E-state index in [0.29, 0.717) is 12.1 Å². The molecule has 1 aromatic rings. The zero-order chi connectivity index (χ0) is 15.1. The summed E-state index contributed by atoms with van der Waals surface area (Å²) in [6, 6.07) is 0.422. The van der Waals surface area contributed by atoms with E-state index < -0.39 is 11.8 Å². The summed E-state index contributed by atoms with van der Waals surface area (Å²) < 4.78 is 3.43. The van der Waals surface area contributed by atoms with Crippen LogP contribution in [0.25, 0.3) is 0 Å². The molecule has 3 heterocycles. The average molecular weight is 420 g/mol. The van der Waals surface area contributed by atoms with Gasteiger partial charge in [0, 0.05) is 13.5 Å². The number of likely N-dealkylation sites (N-methyl/N-ethyl adjacent to an activating group) is 1. The lowest BCUT2D eigenvalue weighted by atomic mass is 10.1. The van der Waals surface area contributed by atoms with Gasteiger partial charge in [-0.2, -0.15) is 0 Å². The molecule has 2 aliphatic heterocycles. The Labute approximate surface area is 136 Å². The second-order valence-electron chi connectivity index (χ2n) is 5.67. The van der Waals surface area contributed by atoms with Gasteiger partial charge in [0.15, 0.2) is 5.72 Å². The Balaban J connectivity index is 1.85. The first-order valence-electron chi connectivity index (χ1n) is 6.48. The largest absolute Gasteiger partial charge is 0.368 e. The minimum Gasteiger partial charge on any atom is -0.368 e. The zero-order valence-corrected chi connectivity index (χ0v) is 14.1. The van der Waals surface area contributed by atoms with E-state index in [9.17, 15) is 14.7 Å². The van der Waals surface area contributed by atoms with Crippen molar-refractivity contribution in [3.8, 4) is 0 Å². The second-order valence-corrected chi connectivity index (χ2v) is 7.28. The number of carbonyl (C=O) groups is 2.